The molecule has 15 heavy (non-hydrogen) atoms. The fourth-order valence-corrected chi connectivity index (χ4v) is 2.86. The van der Waals surface area contributed by atoms with Crippen molar-refractivity contribution in [3.8, 4) is 0 Å². The predicted octanol–water partition coefficient (Wildman–Crippen LogP) is 2.53. The second-order valence-corrected chi connectivity index (χ2v) is 6.16. The van der Waals surface area contributed by atoms with Crippen LogP contribution in [-0.4, -0.2) is 18.6 Å². The summed E-state index contributed by atoms with van der Waals surface area (Å²) < 4.78 is 0. The van der Waals surface area contributed by atoms with Gasteiger partial charge in [-0.05, 0) is 43.6 Å². The SMILES string of the molecule is CCNC1(CN)CCC(C(C)(C)C)CC1. The Balaban J connectivity index is 2.53. The molecule has 0 bridgehead atoms. The van der Waals surface area contributed by atoms with E-state index in [9.17, 15) is 0 Å². The second-order valence-electron chi connectivity index (χ2n) is 6.16. The van der Waals surface area contributed by atoms with E-state index in [0.717, 1.165) is 19.0 Å². The van der Waals surface area contributed by atoms with Gasteiger partial charge in [-0.25, -0.2) is 0 Å². The Morgan fingerprint density at radius 2 is 1.80 bits per heavy atom. The number of nitrogens with one attached hydrogen (secondary N) is 1. The Kier molecular flexibility index (Phi) is 4.19. The highest BCUT2D eigenvalue weighted by atomic mass is 15.0. The molecule has 0 aromatic carbocycles. The van der Waals surface area contributed by atoms with E-state index in [1.807, 2.05) is 0 Å². The first-order valence-corrected chi connectivity index (χ1v) is 6.38. The fourth-order valence-electron chi connectivity index (χ4n) is 2.86. The van der Waals surface area contributed by atoms with Crippen molar-refractivity contribution in [3.63, 3.8) is 0 Å². The van der Waals surface area contributed by atoms with Crippen LogP contribution in [0, 0.1) is 11.3 Å². The highest BCUT2D eigenvalue weighted by molar-refractivity contribution is 4.95. The molecule has 0 aromatic rings. The zero-order valence-electron chi connectivity index (χ0n) is 10.9. The van der Waals surface area contributed by atoms with Crippen molar-refractivity contribution in [2.45, 2.75) is 58.9 Å². The summed E-state index contributed by atoms with van der Waals surface area (Å²) in [6.07, 6.45) is 5.15. The summed E-state index contributed by atoms with van der Waals surface area (Å²) in [5.74, 6) is 0.871. The molecule has 0 aliphatic heterocycles. The molecule has 0 radical (unpaired) electrons. The molecule has 1 saturated carbocycles. The van der Waals surface area contributed by atoms with Crippen molar-refractivity contribution in [2.24, 2.45) is 17.1 Å². The van der Waals surface area contributed by atoms with E-state index in [1.54, 1.807) is 0 Å². The van der Waals surface area contributed by atoms with Crippen molar-refractivity contribution in [1.82, 2.24) is 5.32 Å². The van der Waals surface area contributed by atoms with Crippen LogP contribution in [0.3, 0.4) is 0 Å². The van der Waals surface area contributed by atoms with E-state index < -0.39 is 0 Å². The summed E-state index contributed by atoms with van der Waals surface area (Å²) in [5.41, 5.74) is 6.63. The molecule has 0 aromatic heterocycles. The van der Waals surface area contributed by atoms with Crippen molar-refractivity contribution in [2.75, 3.05) is 13.1 Å². The van der Waals surface area contributed by atoms with Crippen molar-refractivity contribution >= 4 is 0 Å². The molecule has 0 saturated heterocycles. The number of nitrogens with two attached hydrogens (primary N) is 1. The van der Waals surface area contributed by atoms with Crippen LogP contribution in [0.25, 0.3) is 0 Å². The van der Waals surface area contributed by atoms with Gasteiger partial charge in [-0.15, -0.1) is 0 Å². The van der Waals surface area contributed by atoms with Gasteiger partial charge < -0.3 is 11.1 Å². The summed E-state index contributed by atoms with van der Waals surface area (Å²) in [7, 11) is 0. The zero-order chi connectivity index (χ0) is 11.5. The lowest BCUT2D eigenvalue weighted by atomic mass is 9.67. The van der Waals surface area contributed by atoms with Crippen molar-refractivity contribution in [1.29, 1.82) is 0 Å². The summed E-state index contributed by atoms with van der Waals surface area (Å²) >= 11 is 0. The lowest BCUT2D eigenvalue weighted by Gasteiger charge is -2.44. The summed E-state index contributed by atoms with van der Waals surface area (Å²) in [5, 5.41) is 3.59. The third kappa shape index (κ3) is 3.18. The molecule has 1 aliphatic carbocycles. The topological polar surface area (TPSA) is 38.0 Å². The highest BCUT2D eigenvalue weighted by Crippen LogP contribution is 2.40. The van der Waals surface area contributed by atoms with Gasteiger partial charge in [0.2, 0.25) is 0 Å². The highest BCUT2D eigenvalue weighted by Gasteiger charge is 2.37. The smallest absolute Gasteiger partial charge is 0.0304 e. The van der Waals surface area contributed by atoms with Gasteiger partial charge in [0.25, 0.3) is 0 Å². The van der Waals surface area contributed by atoms with Gasteiger partial charge in [0, 0.05) is 12.1 Å². The molecule has 2 heteroatoms. The molecule has 0 heterocycles. The molecule has 0 unspecified atom stereocenters. The van der Waals surface area contributed by atoms with E-state index in [0.29, 0.717) is 5.41 Å². The maximum absolute atomic E-state index is 5.92. The van der Waals surface area contributed by atoms with Crippen molar-refractivity contribution in [3.05, 3.63) is 0 Å². The summed E-state index contributed by atoms with van der Waals surface area (Å²) in [6.45, 7) is 11.1. The molecule has 0 amide bonds. The molecule has 1 aliphatic rings. The second kappa shape index (κ2) is 4.84. The van der Waals surface area contributed by atoms with Crippen LogP contribution >= 0.6 is 0 Å². The number of likely N-dealkylation sites (N-methyl/N-ethyl adjacent to an activating group) is 1. The monoisotopic (exact) mass is 212 g/mol. The van der Waals surface area contributed by atoms with Gasteiger partial charge >= 0.3 is 0 Å². The molecule has 3 N–H and O–H groups in total. The van der Waals surface area contributed by atoms with E-state index in [-0.39, 0.29) is 5.54 Å². The van der Waals surface area contributed by atoms with E-state index in [2.05, 4.69) is 33.0 Å². The average Bonchev–Trinajstić information content (AvgIpc) is 2.17. The Hall–Kier alpha value is -0.0800. The first-order valence-electron chi connectivity index (χ1n) is 6.38. The minimum Gasteiger partial charge on any atom is -0.329 e. The molecular formula is C13H28N2. The predicted molar refractivity (Wildman–Crippen MR) is 66.9 cm³/mol. The van der Waals surface area contributed by atoms with Gasteiger partial charge in [-0.3, -0.25) is 0 Å². The van der Waals surface area contributed by atoms with Crippen LogP contribution in [-0.2, 0) is 0 Å². The summed E-state index contributed by atoms with van der Waals surface area (Å²) in [6, 6.07) is 0. The first-order chi connectivity index (χ1) is 6.93. The largest absolute Gasteiger partial charge is 0.329 e. The first kappa shape index (κ1) is 13.0. The van der Waals surface area contributed by atoms with Crippen LogP contribution < -0.4 is 11.1 Å². The Morgan fingerprint density at radius 1 is 1.27 bits per heavy atom. The van der Waals surface area contributed by atoms with Crippen molar-refractivity contribution < 1.29 is 0 Å². The Labute approximate surface area is 95.0 Å². The van der Waals surface area contributed by atoms with E-state index in [4.69, 9.17) is 5.73 Å². The fraction of sp³-hybridized carbons (Fsp3) is 1.00. The maximum Gasteiger partial charge on any atom is 0.0304 e. The standard InChI is InChI=1S/C13H28N2/c1-5-15-13(10-14)8-6-11(7-9-13)12(2,3)4/h11,15H,5-10,14H2,1-4H3. The maximum atomic E-state index is 5.92. The molecule has 0 atom stereocenters. The van der Waals surface area contributed by atoms with E-state index in [1.165, 1.54) is 25.7 Å². The third-order valence-electron chi connectivity index (χ3n) is 4.11. The number of hydrogen-bond acceptors (Lipinski definition) is 2. The number of rotatable bonds is 3. The van der Waals surface area contributed by atoms with Crippen LogP contribution in [0.5, 0.6) is 0 Å². The van der Waals surface area contributed by atoms with Gasteiger partial charge in [0.15, 0.2) is 0 Å². The third-order valence-corrected chi connectivity index (χ3v) is 4.11. The normalized spacial score (nSPS) is 33.0. The number of hydrogen-bond donors (Lipinski definition) is 2. The quantitative estimate of drug-likeness (QED) is 0.754. The van der Waals surface area contributed by atoms with Gasteiger partial charge in [0.1, 0.15) is 0 Å². The Bertz CT molecular complexity index is 185. The van der Waals surface area contributed by atoms with Gasteiger partial charge in [-0.1, -0.05) is 27.7 Å². The van der Waals surface area contributed by atoms with E-state index >= 15 is 0 Å². The Morgan fingerprint density at radius 3 is 2.13 bits per heavy atom. The molecular weight excluding hydrogens is 184 g/mol. The lowest BCUT2D eigenvalue weighted by Crippen LogP contribution is -2.54. The average molecular weight is 212 g/mol. The van der Waals surface area contributed by atoms with Gasteiger partial charge in [0.05, 0.1) is 0 Å². The minimum absolute atomic E-state index is 0.247. The molecule has 1 rings (SSSR count). The molecule has 1 fully saturated rings. The molecule has 2 nitrogen and oxygen atoms in total. The van der Waals surface area contributed by atoms with Crippen LogP contribution in [0.2, 0.25) is 0 Å². The lowest BCUT2D eigenvalue weighted by molar-refractivity contribution is 0.119. The van der Waals surface area contributed by atoms with Crippen LogP contribution in [0.4, 0.5) is 0 Å². The van der Waals surface area contributed by atoms with Crippen LogP contribution in [0.15, 0.2) is 0 Å². The molecule has 0 spiro atoms. The van der Waals surface area contributed by atoms with Crippen LogP contribution in [0.1, 0.15) is 53.4 Å². The van der Waals surface area contributed by atoms with Gasteiger partial charge in [-0.2, -0.15) is 0 Å². The zero-order valence-corrected chi connectivity index (χ0v) is 10.9. The summed E-state index contributed by atoms with van der Waals surface area (Å²) in [4.78, 5) is 0. The molecule has 90 valence electrons. The minimum atomic E-state index is 0.247.